The van der Waals surface area contributed by atoms with Crippen LogP contribution in [0.15, 0.2) is 175 Å². The van der Waals surface area contributed by atoms with Gasteiger partial charge in [-0.15, -0.1) is 42.6 Å². The summed E-state index contributed by atoms with van der Waals surface area (Å²) < 4.78 is 2.21. The van der Waals surface area contributed by atoms with Crippen LogP contribution in [0.25, 0.3) is 33.9 Å². The fraction of sp³-hybridized carbons (Fsp3) is 0.0784. The van der Waals surface area contributed by atoms with Crippen LogP contribution in [0.2, 0.25) is 0 Å². The summed E-state index contributed by atoms with van der Waals surface area (Å²) in [5, 5.41) is 7.11. The van der Waals surface area contributed by atoms with Gasteiger partial charge in [-0.1, -0.05) is 149 Å². The number of nitrogens with zero attached hydrogens (tertiary/aromatic N) is 5. The average molecular weight is 930 g/mol. The number of imidazole rings is 1. The summed E-state index contributed by atoms with van der Waals surface area (Å²) >= 11 is 0. The molecule has 0 bridgehead atoms. The molecule has 0 N–H and O–H groups in total. The monoisotopic (exact) mass is 929 g/mol. The fourth-order valence-electron chi connectivity index (χ4n) is 8.17. The zero-order chi connectivity index (χ0) is 38.9. The molecule has 1 aliphatic rings. The number of hydrazone groups is 1. The van der Waals surface area contributed by atoms with Gasteiger partial charge in [0.2, 0.25) is 0 Å². The number of aryl methyl sites for hydroxylation is 3. The molecule has 0 saturated carbocycles. The van der Waals surface area contributed by atoms with Crippen LogP contribution in [0, 0.1) is 39.6 Å². The van der Waals surface area contributed by atoms with Crippen LogP contribution in [0.5, 0.6) is 0 Å². The smallest absolute Gasteiger partial charge is 0.198 e. The van der Waals surface area contributed by atoms with Crippen molar-refractivity contribution in [1.82, 2.24) is 9.55 Å². The van der Waals surface area contributed by atoms with E-state index >= 15 is 0 Å². The van der Waals surface area contributed by atoms with Gasteiger partial charge >= 0.3 is 0 Å². The largest absolute Gasteiger partial charge is 0.456 e. The minimum atomic E-state index is -0.154. The Morgan fingerprint density at radius 2 is 1.14 bits per heavy atom. The third kappa shape index (κ3) is 7.48. The van der Waals surface area contributed by atoms with E-state index in [-0.39, 0.29) is 27.8 Å². The molecular weight excluding hydrogens is 888 g/mol. The van der Waals surface area contributed by atoms with Crippen molar-refractivity contribution in [3.63, 3.8) is 0 Å². The molecule has 0 spiro atoms. The van der Waals surface area contributed by atoms with Gasteiger partial charge in [0.05, 0.1) is 17.2 Å². The molecule has 0 amide bonds. The maximum atomic E-state index is 5.34. The van der Waals surface area contributed by atoms with Gasteiger partial charge in [-0.2, -0.15) is 34.2 Å². The summed E-state index contributed by atoms with van der Waals surface area (Å²) in [4.78, 5) is 7.48. The first-order valence-electron chi connectivity index (χ1n) is 19.4. The van der Waals surface area contributed by atoms with Gasteiger partial charge in [0.15, 0.2) is 6.71 Å². The molecule has 9 rings (SSSR count). The van der Waals surface area contributed by atoms with Crippen LogP contribution in [0.1, 0.15) is 22.3 Å². The van der Waals surface area contributed by atoms with Gasteiger partial charge < -0.3 is 14.5 Å². The SMILES string of the molecule is Cc1cc(C)c(B(c2[c-]c(-c3nc(-c4ccccc4)c(-c4ccccc4)n3C)ccc2)c2[c-]c(N3[CH-]N(c4ccccc4)C(c4ccccc4)=N3)ccc2)c(C)c1.[Pt]. The van der Waals surface area contributed by atoms with Crippen molar-refractivity contribution in [3.05, 3.63) is 211 Å². The van der Waals surface area contributed by atoms with E-state index in [9.17, 15) is 0 Å². The zero-order valence-electron chi connectivity index (χ0n) is 32.9. The van der Waals surface area contributed by atoms with Gasteiger partial charge in [0.25, 0.3) is 0 Å². The van der Waals surface area contributed by atoms with Gasteiger partial charge in [-0.05, 0) is 38.5 Å². The minimum Gasteiger partial charge on any atom is -0.456 e. The van der Waals surface area contributed by atoms with Gasteiger partial charge in [0, 0.05) is 44.9 Å². The number of para-hydroxylation sites is 1. The predicted molar refractivity (Wildman–Crippen MR) is 238 cm³/mol. The molecule has 1 aromatic heterocycles. The standard InChI is InChI=1S/C51H41BN5.Pt/c1-36-31-37(2)47(38(3)32-36)52(44-27-18-30-46(34-44)57-35-56(45-28-15-8-16-29-45)51(54-57)41-23-13-7-14-24-41)43-26-17-25-42(33-43)50-53-48(39-19-9-5-10-20-39)49(55(50)4)40-21-11-6-12-22-40;/h5-32,35H,1-4H3;/q-3;. The molecule has 0 aliphatic carbocycles. The maximum Gasteiger partial charge on any atom is 0.198 e. The molecule has 0 unspecified atom stereocenters. The van der Waals surface area contributed by atoms with Crippen LogP contribution >= 0.6 is 0 Å². The van der Waals surface area contributed by atoms with Crippen molar-refractivity contribution < 1.29 is 21.1 Å². The summed E-state index contributed by atoms with van der Waals surface area (Å²) in [5.74, 6) is 1.71. The number of hydrogen-bond donors (Lipinski definition) is 0. The van der Waals surface area contributed by atoms with Crippen molar-refractivity contribution in [2.45, 2.75) is 20.8 Å². The molecule has 5 nitrogen and oxygen atoms in total. The molecule has 0 fully saturated rings. The second-order valence-corrected chi connectivity index (χ2v) is 14.6. The molecular formula is C51H41BN5Pt-3. The topological polar surface area (TPSA) is 36.7 Å². The Morgan fingerprint density at radius 3 is 1.78 bits per heavy atom. The quantitative estimate of drug-likeness (QED) is 0.107. The van der Waals surface area contributed by atoms with E-state index in [1.54, 1.807) is 0 Å². The van der Waals surface area contributed by atoms with Crippen LogP contribution in [-0.4, -0.2) is 22.1 Å². The Bertz CT molecular complexity index is 2690. The Kier molecular flexibility index (Phi) is 11.1. The number of amidine groups is 1. The predicted octanol–water partition coefficient (Wildman–Crippen LogP) is 9.27. The number of anilines is 2. The van der Waals surface area contributed by atoms with Crippen molar-refractivity contribution in [2.24, 2.45) is 12.1 Å². The molecule has 1 aliphatic heterocycles. The first kappa shape index (κ1) is 38.6. The van der Waals surface area contributed by atoms with Crippen molar-refractivity contribution >= 4 is 40.3 Å². The maximum absolute atomic E-state index is 5.34. The number of benzene rings is 7. The third-order valence-corrected chi connectivity index (χ3v) is 10.7. The first-order valence-corrected chi connectivity index (χ1v) is 19.4. The minimum absolute atomic E-state index is 0. The van der Waals surface area contributed by atoms with Crippen molar-refractivity contribution in [3.8, 4) is 33.9 Å². The molecule has 8 aromatic rings. The molecule has 7 heteroatoms. The van der Waals surface area contributed by atoms with E-state index in [1.165, 1.54) is 22.2 Å². The van der Waals surface area contributed by atoms with Crippen LogP contribution in [0.4, 0.5) is 11.4 Å². The fourth-order valence-corrected chi connectivity index (χ4v) is 8.17. The van der Waals surface area contributed by atoms with Gasteiger partial charge in [0.1, 0.15) is 5.84 Å². The second kappa shape index (κ2) is 16.7. The molecule has 58 heavy (non-hydrogen) atoms. The zero-order valence-corrected chi connectivity index (χ0v) is 35.1. The molecule has 0 atom stereocenters. The molecule has 7 aromatic carbocycles. The van der Waals surface area contributed by atoms with Crippen LogP contribution in [-0.2, 0) is 28.1 Å². The van der Waals surface area contributed by atoms with E-state index < -0.39 is 0 Å². The Balaban J connectivity index is 0.00000469. The summed E-state index contributed by atoms with van der Waals surface area (Å²) in [5.41, 5.74) is 15.1. The third-order valence-electron chi connectivity index (χ3n) is 10.7. The van der Waals surface area contributed by atoms with E-state index in [0.717, 1.165) is 67.6 Å². The van der Waals surface area contributed by atoms with E-state index in [2.05, 4.69) is 189 Å². The number of aromatic nitrogens is 2. The Hall–Kier alpha value is -6.23. The van der Waals surface area contributed by atoms with E-state index in [4.69, 9.17) is 10.1 Å². The number of hydrogen-bond acceptors (Lipinski definition) is 4. The molecule has 286 valence electrons. The van der Waals surface area contributed by atoms with E-state index in [1.807, 2.05) is 42.0 Å². The van der Waals surface area contributed by atoms with Crippen molar-refractivity contribution in [2.75, 3.05) is 9.91 Å². The molecule has 0 radical (unpaired) electrons. The Morgan fingerprint density at radius 1 is 0.586 bits per heavy atom. The first-order chi connectivity index (χ1) is 27.9. The van der Waals surface area contributed by atoms with Gasteiger partial charge in [-0.3, -0.25) is 4.98 Å². The van der Waals surface area contributed by atoms with Gasteiger partial charge in [-0.25, -0.2) is 0 Å². The Labute approximate surface area is 356 Å². The summed E-state index contributed by atoms with van der Waals surface area (Å²) in [7, 11) is 2.11. The van der Waals surface area contributed by atoms with Crippen LogP contribution in [0.3, 0.4) is 0 Å². The normalized spacial score (nSPS) is 12.3. The summed E-state index contributed by atoms with van der Waals surface area (Å²) in [6.07, 6.45) is 0. The average Bonchev–Trinajstić information content (AvgIpc) is 3.86. The summed E-state index contributed by atoms with van der Waals surface area (Å²) in [6.45, 7) is 8.49. The molecule has 2 heterocycles. The number of rotatable bonds is 9. The van der Waals surface area contributed by atoms with Crippen LogP contribution < -0.4 is 26.3 Å². The van der Waals surface area contributed by atoms with E-state index in [0.29, 0.717) is 0 Å². The summed E-state index contributed by atoms with van der Waals surface area (Å²) in [6, 6.07) is 66.8. The second-order valence-electron chi connectivity index (χ2n) is 14.6. The molecule has 0 saturated heterocycles. The van der Waals surface area contributed by atoms with Crippen molar-refractivity contribution in [1.29, 1.82) is 0 Å².